The van der Waals surface area contributed by atoms with E-state index in [-0.39, 0.29) is 0 Å². The summed E-state index contributed by atoms with van der Waals surface area (Å²) in [6.07, 6.45) is 6.24. The number of aromatic hydroxyl groups is 1. The minimum Gasteiger partial charge on any atom is -0.507 e. The minimum absolute atomic E-state index is 0.433. The van der Waals surface area contributed by atoms with Crippen LogP contribution in [-0.4, -0.2) is 55.7 Å². The van der Waals surface area contributed by atoms with Crippen LogP contribution in [0, 0.1) is 0 Å². The number of anilines is 1. The summed E-state index contributed by atoms with van der Waals surface area (Å²) in [6, 6.07) is 2.13. The molecule has 0 unspecified atom stereocenters. The molecule has 1 aromatic carbocycles. The molecule has 0 saturated carbocycles. The zero-order valence-corrected chi connectivity index (χ0v) is 12.9. The van der Waals surface area contributed by atoms with Crippen LogP contribution >= 0.6 is 0 Å². The molecule has 22 heavy (non-hydrogen) atoms. The van der Waals surface area contributed by atoms with Gasteiger partial charge in [-0.3, -0.25) is 5.01 Å². The van der Waals surface area contributed by atoms with Crippen LogP contribution in [0.25, 0.3) is 0 Å². The Hall–Kier alpha value is -1.75. The second-order valence-corrected chi connectivity index (χ2v) is 6.31. The third-order valence-electron chi connectivity index (χ3n) is 4.87. The summed E-state index contributed by atoms with van der Waals surface area (Å²) in [4.78, 5) is 2.44. The summed E-state index contributed by atoms with van der Waals surface area (Å²) in [5, 5.41) is 17.2. The van der Waals surface area contributed by atoms with Gasteiger partial charge in [-0.25, -0.2) is 0 Å². The zero-order valence-electron chi connectivity index (χ0n) is 12.9. The quantitative estimate of drug-likeness (QED) is 0.846. The summed E-state index contributed by atoms with van der Waals surface area (Å²) >= 11 is 0. The number of hydrogen-bond donors (Lipinski definition) is 1. The highest BCUT2D eigenvalue weighted by atomic mass is 16.5. The van der Waals surface area contributed by atoms with Gasteiger partial charge in [0.25, 0.3) is 0 Å². The first-order chi connectivity index (χ1) is 10.8. The average molecular weight is 301 g/mol. The van der Waals surface area contributed by atoms with E-state index in [0.717, 1.165) is 69.8 Å². The van der Waals surface area contributed by atoms with E-state index >= 15 is 0 Å². The van der Waals surface area contributed by atoms with Crippen LogP contribution in [0.1, 0.15) is 29.5 Å². The molecule has 0 bridgehead atoms. The smallest absolute Gasteiger partial charge is 0.129 e. The zero-order chi connectivity index (χ0) is 14.9. The molecular weight excluding hydrogens is 278 g/mol. The van der Waals surface area contributed by atoms with Crippen molar-refractivity contribution >= 4 is 11.9 Å². The van der Waals surface area contributed by atoms with Crippen molar-refractivity contribution in [3.05, 3.63) is 22.8 Å². The summed E-state index contributed by atoms with van der Waals surface area (Å²) in [7, 11) is 0. The van der Waals surface area contributed by atoms with E-state index in [4.69, 9.17) is 4.74 Å². The lowest BCUT2D eigenvalue weighted by atomic mass is 9.89. The van der Waals surface area contributed by atoms with Gasteiger partial charge in [-0.05, 0) is 37.3 Å². The number of nitrogens with zero attached hydrogens (tertiary/aromatic N) is 3. The highest BCUT2D eigenvalue weighted by Crippen LogP contribution is 2.41. The topological polar surface area (TPSA) is 48.3 Å². The van der Waals surface area contributed by atoms with Crippen molar-refractivity contribution in [3.8, 4) is 5.75 Å². The second kappa shape index (κ2) is 5.80. The highest BCUT2D eigenvalue weighted by molar-refractivity contribution is 5.87. The van der Waals surface area contributed by atoms with E-state index in [9.17, 15) is 5.11 Å². The van der Waals surface area contributed by atoms with Gasteiger partial charge < -0.3 is 14.7 Å². The highest BCUT2D eigenvalue weighted by Gasteiger charge is 2.27. The first-order valence-electron chi connectivity index (χ1n) is 8.32. The lowest BCUT2D eigenvalue weighted by molar-refractivity contribution is 0.0397. The molecule has 5 heteroatoms. The van der Waals surface area contributed by atoms with Crippen LogP contribution in [-0.2, 0) is 17.6 Å². The van der Waals surface area contributed by atoms with Gasteiger partial charge in [-0.2, -0.15) is 5.10 Å². The molecule has 0 radical (unpaired) electrons. The monoisotopic (exact) mass is 301 g/mol. The van der Waals surface area contributed by atoms with Gasteiger partial charge in [0.05, 0.1) is 32.5 Å². The van der Waals surface area contributed by atoms with Crippen LogP contribution < -0.4 is 4.90 Å². The SMILES string of the molecule is Oc1c(C=NN2CCOCC2)cc2c3c1CCCN3CCC2. The van der Waals surface area contributed by atoms with Gasteiger partial charge in [-0.15, -0.1) is 0 Å². The Bertz CT molecular complexity index is 592. The van der Waals surface area contributed by atoms with Gasteiger partial charge >= 0.3 is 0 Å². The molecule has 0 aliphatic carbocycles. The number of ether oxygens (including phenoxy) is 1. The van der Waals surface area contributed by atoms with Crippen LogP contribution in [0.4, 0.5) is 5.69 Å². The van der Waals surface area contributed by atoms with E-state index in [1.54, 1.807) is 0 Å². The van der Waals surface area contributed by atoms with Crippen LogP contribution in [0.5, 0.6) is 5.75 Å². The predicted molar refractivity (Wildman–Crippen MR) is 86.9 cm³/mol. The van der Waals surface area contributed by atoms with E-state index in [1.807, 2.05) is 11.2 Å². The first-order valence-corrected chi connectivity index (χ1v) is 8.32. The summed E-state index contributed by atoms with van der Waals surface area (Å²) in [6.45, 7) is 5.36. The molecule has 0 atom stereocenters. The van der Waals surface area contributed by atoms with Crippen molar-refractivity contribution < 1.29 is 9.84 Å². The fourth-order valence-corrected chi connectivity index (χ4v) is 3.78. The fraction of sp³-hybridized carbons (Fsp3) is 0.588. The molecule has 1 aromatic rings. The van der Waals surface area contributed by atoms with E-state index < -0.39 is 0 Å². The second-order valence-electron chi connectivity index (χ2n) is 6.31. The number of morpholine rings is 1. The van der Waals surface area contributed by atoms with Gasteiger partial charge in [0.15, 0.2) is 0 Å². The Balaban J connectivity index is 1.67. The molecule has 0 aromatic heterocycles. The molecular formula is C17H23N3O2. The molecule has 5 nitrogen and oxygen atoms in total. The Kier molecular flexibility index (Phi) is 3.66. The fourth-order valence-electron chi connectivity index (χ4n) is 3.78. The number of aryl methyl sites for hydroxylation is 1. The molecule has 0 spiro atoms. The van der Waals surface area contributed by atoms with Crippen molar-refractivity contribution in [1.82, 2.24) is 5.01 Å². The van der Waals surface area contributed by atoms with Crippen molar-refractivity contribution in [2.75, 3.05) is 44.3 Å². The van der Waals surface area contributed by atoms with Gasteiger partial charge in [0.1, 0.15) is 5.75 Å². The molecule has 1 saturated heterocycles. The molecule has 3 aliphatic rings. The number of phenolic OH excluding ortho intramolecular Hbond substituents is 1. The van der Waals surface area contributed by atoms with E-state index in [2.05, 4.69) is 16.1 Å². The number of benzene rings is 1. The Morgan fingerprint density at radius 3 is 2.68 bits per heavy atom. The Labute approximate surface area is 131 Å². The Morgan fingerprint density at radius 1 is 1.09 bits per heavy atom. The third-order valence-corrected chi connectivity index (χ3v) is 4.87. The predicted octanol–water partition coefficient (Wildman–Crippen LogP) is 1.76. The third kappa shape index (κ3) is 2.43. The van der Waals surface area contributed by atoms with Crippen LogP contribution in [0.15, 0.2) is 11.2 Å². The van der Waals surface area contributed by atoms with Crippen molar-refractivity contribution in [2.24, 2.45) is 5.10 Å². The van der Waals surface area contributed by atoms with Crippen molar-refractivity contribution in [2.45, 2.75) is 25.7 Å². The van der Waals surface area contributed by atoms with Gasteiger partial charge in [-0.1, -0.05) is 0 Å². The summed E-state index contributed by atoms with van der Waals surface area (Å²) in [5.74, 6) is 0.433. The average Bonchev–Trinajstić information content (AvgIpc) is 2.58. The van der Waals surface area contributed by atoms with Gasteiger partial charge in [0.2, 0.25) is 0 Å². The van der Waals surface area contributed by atoms with Crippen LogP contribution in [0.3, 0.4) is 0 Å². The van der Waals surface area contributed by atoms with E-state index in [0.29, 0.717) is 5.75 Å². The molecule has 1 fully saturated rings. The molecule has 1 N–H and O–H groups in total. The Morgan fingerprint density at radius 2 is 1.86 bits per heavy atom. The minimum atomic E-state index is 0.433. The molecule has 0 amide bonds. The first kappa shape index (κ1) is 13.9. The largest absolute Gasteiger partial charge is 0.507 e. The number of phenols is 1. The van der Waals surface area contributed by atoms with Gasteiger partial charge in [0, 0.05) is 29.9 Å². The normalized spacial score (nSPS) is 21.3. The molecule has 3 aliphatic heterocycles. The lowest BCUT2D eigenvalue weighted by Gasteiger charge is -2.37. The molecule has 4 rings (SSSR count). The summed E-state index contributed by atoms with van der Waals surface area (Å²) < 4.78 is 5.34. The standard InChI is InChI=1S/C17H23N3O2/c21-17-14(12-18-20-7-9-22-10-8-20)11-13-3-1-5-19-6-2-4-15(17)16(13)19/h11-12,21H,1-10H2. The number of hydrazone groups is 1. The van der Waals surface area contributed by atoms with Crippen LogP contribution in [0.2, 0.25) is 0 Å². The maximum absolute atomic E-state index is 10.7. The van der Waals surface area contributed by atoms with Crippen molar-refractivity contribution in [3.63, 3.8) is 0 Å². The summed E-state index contributed by atoms with van der Waals surface area (Å²) in [5.41, 5.74) is 4.68. The molecule has 3 heterocycles. The molecule has 118 valence electrons. The number of hydrogen-bond acceptors (Lipinski definition) is 5. The maximum atomic E-state index is 10.7. The van der Waals surface area contributed by atoms with E-state index in [1.165, 1.54) is 17.7 Å². The van der Waals surface area contributed by atoms with Crippen molar-refractivity contribution in [1.29, 1.82) is 0 Å². The number of rotatable bonds is 2. The lowest BCUT2D eigenvalue weighted by Crippen LogP contribution is -2.34. The maximum Gasteiger partial charge on any atom is 0.129 e.